The Labute approximate surface area is 99.2 Å². The normalized spacial score (nSPS) is 11.9. The Morgan fingerprint density at radius 1 is 1.24 bits per heavy atom. The van der Waals surface area contributed by atoms with E-state index in [2.05, 4.69) is 19.2 Å². The number of aromatic nitrogens is 1. The van der Waals surface area contributed by atoms with Gasteiger partial charge in [-0.2, -0.15) is 8.78 Å². The van der Waals surface area contributed by atoms with Gasteiger partial charge in [-0.25, -0.2) is 0 Å². The lowest BCUT2D eigenvalue weighted by atomic mass is 10.1. The van der Waals surface area contributed by atoms with Gasteiger partial charge in [0, 0.05) is 18.8 Å². The van der Waals surface area contributed by atoms with E-state index in [1.165, 1.54) is 6.20 Å². The van der Waals surface area contributed by atoms with Crippen molar-refractivity contribution in [3.63, 3.8) is 0 Å². The lowest BCUT2D eigenvalue weighted by molar-refractivity contribution is 0.0752. The smallest absolute Gasteiger partial charge is 0.310 e. The zero-order valence-electron chi connectivity index (χ0n) is 9.95. The van der Waals surface area contributed by atoms with Gasteiger partial charge in [-0.1, -0.05) is 26.0 Å². The quantitative estimate of drug-likeness (QED) is 0.862. The fourth-order valence-corrected chi connectivity index (χ4v) is 1.80. The zero-order valence-corrected chi connectivity index (χ0v) is 9.95. The molecule has 0 saturated heterocycles. The lowest BCUT2D eigenvalue weighted by Crippen LogP contribution is -2.21. The molecular weight excluding hydrogens is 222 g/mol. The first kappa shape index (κ1) is 12.0. The summed E-state index contributed by atoms with van der Waals surface area (Å²) in [5, 5.41) is 4.12. The number of rotatable bonds is 4. The molecule has 2 aromatic rings. The third-order valence-electron chi connectivity index (χ3n) is 2.71. The van der Waals surface area contributed by atoms with Crippen LogP contribution in [0.25, 0.3) is 10.9 Å². The van der Waals surface area contributed by atoms with E-state index in [1.54, 1.807) is 6.07 Å². The van der Waals surface area contributed by atoms with Crippen molar-refractivity contribution in [2.45, 2.75) is 33.0 Å². The largest absolute Gasteiger partial charge is 0.319 e. The third-order valence-corrected chi connectivity index (χ3v) is 2.71. The van der Waals surface area contributed by atoms with Gasteiger partial charge in [0.15, 0.2) is 0 Å². The number of hydrogen-bond acceptors (Lipinski definition) is 1. The topological polar surface area (TPSA) is 17.0 Å². The minimum Gasteiger partial charge on any atom is -0.310 e. The first-order valence-corrected chi connectivity index (χ1v) is 5.69. The van der Waals surface area contributed by atoms with Crippen molar-refractivity contribution in [2.75, 3.05) is 0 Å². The third kappa shape index (κ3) is 2.64. The van der Waals surface area contributed by atoms with Gasteiger partial charge in [0.1, 0.15) is 0 Å². The Morgan fingerprint density at radius 2 is 2.00 bits per heavy atom. The average Bonchev–Trinajstić information content (AvgIpc) is 2.69. The summed E-state index contributed by atoms with van der Waals surface area (Å²) in [7, 11) is 0. The minimum absolute atomic E-state index is 0.382. The van der Waals surface area contributed by atoms with E-state index < -0.39 is 6.55 Å². The fourth-order valence-electron chi connectivity index (χ4n) is 1.80. The summed E-state index contributed by atoms with van der Waals surface area (Å²) in [4.78, 5) is 0. The number of fused-ring (bicyclic) bond motifs is 1. The van der Waals surface area contributed by atoms with E-state index >= 15 is 0 Å². The summed E-state index contributed by atoms with van der Waals surface area (Å²) in [5.41, 5.74) is 1.61. The van der Waals surface area contributed by atoms with Crippen LogP contribution < -0.4 is 5.32 Å². The van der Waals surface area contributed by atoms with Crippen molar-refractivity contribution in [3.05, 3.63) is 36.0 Å². The molecule has 2 nitrogen and oxygen atoms in total. The molecule has 0 unspecified atom stereocenters. The van der Waals surface area contributed by atoms with E-state index in [4.69, 9.17) is 0 Å². The number of halogens is 2. The maximum absolute atomic E-state index is 12.7. The highest BCUT2D eigenvalue weighted by Gasteiger charge is 2.09. The highest BCUT2D eigenvalue weighted by Crippen LogP contribution is 2.23. The molecule has 0 spiro atoms. The van der Waals surface area contributed by atoms with Crippen LogP contribution >= 0.6 is 0 Å². The van der Waals surface area contributed by atoms with Gasteiger partial charge in [-0.3, -0.25) is 4.57 Å². The second kappa shape index (κ2) is 4.84. The van der Waals surface area contributed by atoms with Crippen molar-refractivity contribution in [1.29, 1.82) is 0 Å². The van der Waals surface area contributed by atoms with Crippen molar-refractivity contribution in [2.24, 2.45) is 0 Å². The Hall–Kier alpha value is -1.42. The van der Waals surface area contributed by atoms with Crippen molar-refractivity contribution in [1.82, 2.24) is 9.88 Å². The molecule has 0 atom stereocenters. The van der Waals surface area contributed by atoms with Gasteiger partial charge in [0.2, 0.25) is 0 Å². The summed E-state index contributed by atoms with van der Waals surface area (Å²) in [6, 6.07) is 7.75. The van der Waals surface area contributed by atoms with Crippen molar-refractivity contribution in [3.8, 4) is 0 Å². The molecule has 0 saturated carbocycles. The second-order valence-corrected chi connectivity index (χ2v) is 4.43. The molecule has 0 aliphatic rings. The molecule has 0 amide bonds. The van der Waals surface area contributed by atoms with Gasteiger partial charge in [0.25, 0.3) is 0 Å². The summed E-state index contributed by atoms with van der Waals surface area (Å²) < 4.78 is 26.4. The lowest BCUT2D eigenvalue weighted by Gasteiger charge is -2.09. The maximum atomic E-state index is 12.7. The van der Waals surface area contributed by atoms with E-state index in [0.717, 1.165) is 15.5 Å². The summed E-state index contributed by atoms with van der Waals surface area (Å²) >= 11 is 0. The van der Waals surface area contributed by atoms with Crippen LogP contribution in [0.15, 0.2) is 30.5 Å². The number of nitrogens with one attached hydrogen (secondary N) is 1. The molecular formula is C13H16F2N2. The maximum Gasteiger partial charge on any atom is 0.319 e. The predicted molar refractivity (Wildman–Crippen MR) is 65.2 cm³/mol. The molecule has 0 bridgehead atoms. The minimum atomic E-state index is -2.49. The first-order chi connectivity index (χ1) is 8.08. The number of benzene rings is 1. The standard InChI is InChI=1S/C13H16F2N2/c1-9(2)16-8-10-3-4-11-5-6-17(13(14)15)12(11)7-10/h3-7,9,13,16H,8H2,1-2H3. The fraction of sp³-hybridized carbons (Fsp3) is 0.385. The Balaban J connectivity index is 2.31. The molecule has 1 N–H and O–H groups in total. The molecule has 0 radical (unpaired) electrons. The van der Waals surface area contributed by atoms with Crippen LogP contribution in [0.1, 0.15) is 26.0 Å². The molecule has 1 aromatic heterocycles. The molecule has 0 aliphatic carbocycles. The van der Waals surface area contributed by atoms with Crippen LogP contribution in [0.5, 0.6) is 0 Å². The highest BCUT2D eigenvalue weighted by molar-refractivity contribution is 5.80. The highest BCUT2D eigenvalue weighted by atomic mass is 19.3. The number of hydrogen-bond donors (Lipinski definition) is 1. The second-order valence-electron chi connectivity index (χ2n) is 4.43. The molecule has 0 fully saturated rings. The molecule has 17 heavy (non-hydrogen) atoms. The van der Waals surface area contributed by atoms with Crippen LogP contribution in [0.2, 0.25) is 0 Å². The Bertz CT molecular complexity index is 503. The average molecular weight is 238 g/mol. The Kier molecular flexibility index (Phi) is 3.43. The SMILES string of the molecule is CC(C)NCc1ccc2ccn(C(F)F)c2c1. The summed E-state index contributed by atoms with van der Waals surface area (Å²) in [6.45, 7) is 2.32. The van der Waals surface area contributed by atoms with Gasteiger partial charge in [-0.15, -0.1) is 0 Å². The first-order valence-electron chi connectivity index (χ1n) is 5.69. The van der Waals surface area contributed by atoms with Gasteiger partial charge in [-0.05, 0) is 23.1 Å². The zero-order chi connectivity index (χ0) is 12.4. The van der Waals surface area contributed by atoms with Crippen molar-refractivity contribution >= 4 is 10.9 Å². The van der Waals surface area contributed by atoms with Crippen LogP contribution in [-0.2, 0) is 6.54 Å². The van der Waals surface area contributed by atoms with Crippen LogP contribution in [-0.4, -0.2) is 10.6 Å². The van der Waals surface area contributed by atoms with Gasteiger partial charge >= 0.3 is 6.55 Å². The number of alkyl halides is 2. The van der Waals surface area contributed by atoms with Gasteiger partial charge in [0.05, 0.1) is 5.52 Å². The van der Waals surface area contributed by atoms with Gasteiger partial charge < -0.3 is 5.32 Å². The van der Waals surface area contributed by atoms with E-state index in [1.807, 2.05) is 18.2 Å². The monoisotopic (exact) mass is 238 g/mol. The number of nitrogens with zero attached hydrogens (tertiary/aromatic N) is 1. The molecule has 92 valence electrons. The molecule has 4 heteroatoms. The van der Waals surface area contributed by atoms with Crippen LogP contribution in [0.4, 0.5) is 8.78 Å². The van der Waals surface area contributed by atoms with E-state index in [0.29, 0.717) is 18.1 Å². The summed E-state index contributed by atoms with van der Waals surface area (Å²) in [6.07, 6.45) is 1.43. The molecule has 2 rings (SSSR count). The van der Waals surface area contributed by atoms with Crippen LogP contribution in [0, 0.1) is 0 Å². The predicted octanol–water partition coefficient (Wildman–Crippen LogP) is 3.53. The van der Waals surface area contributed by atoms with Crippen LogP contribution in [0.3, 0.4) is 0 Å². The Morgan fingerprint density at radius 3 is 2.65 bits per heavy atom. The summed E-state index contributed by atoms with van der Waals surface area (Å²) in [5.74, 6) is 0. The van der Waals surface area contributed by atoms with E-state index in [9.17, 15) is 8.78 Å². The molecule has 1 aromatic carbocycles. The molecule has 0 aliphatic heterocycles. The van der Waals surface area contributed by atoms with Crippen molar-refractivity contribution < 1.29 is 8.78 Å². The molecule has 1 heterocycles. The van der Waals surface area contributed by atoms with E-state index in [-0.39, 0.29) is 0 Å².